The van der Waals surface area contributed by atoms with Gasteiger partial charge in [0.15, 0.2) is 0 Å². The van der Waals surface area contributed by atoms with E-state index in [0.29, 0.717) is 13.1 Å². The van der Waals surface area contributed by atoms with Gasteiger partial charge in [0.05, 0.1) is 11.0 Å². The van der Waals surface area contributed by atoms with Crippen molar-refractivity contribution in [2.45, 2.75) is 46.1 Å². The van der Waals surface area contributed by atoms with Crippen LogP contribution < -0.4 is 5.32 Å². The van der Waals surface area contributed by atoms with Crippen molar-refractivity contribution < 1.29 is 9.90 Å². The van der Waals surface area contributed by atoms with Gasteiger partial charge in [0.2, 0.25) is 5.91 Å². The highest BCUT2D eigenvalue weighted by Crippen LogP contribution is 2.32. The highest BCUT2D eigenvalue weighted by atomic mass is 16.3. The number of hydrogen-bond acceptors (Lipinski definition) is 3. The Labute approximate surface area is 104 Å². The number of nitrogens with zero attached hydrogens (tertiary/aromatic N) is 1. The van der Waals surface area contributed by atoms with Gasteiger partial charge in [-0.25, -0.2) is 0 Å². The molecule has 1 heterocycles. The van der Waals surface area contributed by atoms with E-state index in [1.54, 1.807) is 18.7 Å². The van der Waals surface area contributed by atoms with E-state index in [1.807, 2.05) is 6.92 Å². The molecule has 1 amide bonds. The fourth-order valence-electron chi connectivity index (χ4n) is 2.51. The second-order valence-electron chi connectivity index (χ2n) is 5.69. The number of amides is 1. The van der Waals surface area contributed by atoms with Crippen LogP contribution >= 0.6 is 0 Å². The Hall–Kier alpha value is -0.610. The molecule has 4 nitrogen and oxygen atoms in total. The standard InChI is InChI=1S/C13H26N2O2/c1-5-13(7-8-14-9-13)11(16)15(6-2)10-12(3,4)17/h14,17H,5-10H2,1-4H3. The summed E-state index contributed by atoms with van der Waals surface area (Å²) in [6.07, 6.45) is 1.77. The summed E-state index contributed by atoms with van der Waals surface area (Å²) in [6.45, 7) is 10.3. The van der Waals surface area contributed by atoms with E-state index in [-0.39, 0.29) is 11.3 Å². The summed E-state index contributed by atoms with van der Waals surface area (Å²) in [6, 6.07) is 0. The van der Waals surface area contributed by atoms with Gasteiger partial charge >= 0.3 is 0 Å². The highest BCUT2D eigenvalue weighted by molar-refractivity contribution is 5.83. The zero-order valence-corrected chi connectivity index (χ0v) is 11.5. The topological polar surface area (TPSA) is 52.6 Å². The summed E-state index contributed by atoms with van der Waals surface area (Å²) >= 11 is 0. The Bertz CT molecular complexity index is 265. The van der Waals surface area contributed by atoms with Crippen LogP contribution in [0.15, 0.2) is 0 Å². The molecule has 17 heavy (non-hydrogen) atoms. The molecule has 0 bridgehead atoms. The monoisotopic (exact) mass is 242 g/mol. The number of nitrogens with one attached hydrogen (secondary N) is 1. The van der Waals surface area contributed by atoms with Crippen LogP contribution in [-0.4, -0.2) is 47.7 Å². The maximum absolute atomic E-state index is 12.6. The predicted octanol–water partition coefficient (Wildman–Crippen LogP) is 0.995. The number of hydrogen-bond donors (Lipinski definition) is 2. The van der Waals surface area contributed by atoms with Crippen LogP contribution in [0.3, 0.4) is 0 Å². The summed E-state index contributed by atoms with van der Waals surface area (Å²) in [7, 11) is 0. The highest BCUT2D eigenvalue weighted by Gasteiger charge is 2.42. The van der Waals surface area contributed by atoms with Crippen LogP contribution in [-0.2, 0) is 4.79 Å². The van der Waals surface area contributed by atoms with E-state index in [9.17, 15) is 9.90 Å². The molecule has 1 unspecified atom stereocenters. The summed E-state index contributed by atoms with van der Waals surface area (Å²) in [5.41, 5.74) is -1.08. The number of rotatable bonds is 5. The van der Waals surface area contributed by atoms with E-state index < -0.39 is 5.60 Å². The van der Waals surface area contributed by atoms with Gasteiger partial charge in [0.25, 0.3) is 0 Å². The SMILES string of the molecule is CCN(CC(C)(C)O)C(=O)C1(CC)CCNC1. The third-order valence-corrected chi connectivity index (χ3v) is 3.62. The van der Waals surface area contributed by atoms with Gasteiger partial charge in [-0.15, -0.1) is 0 Å². The predicted molar refractivity (Wildman–Crippen MR) is 68.8 cm³/mol. The first-order chi connectivity index (χ1) is 7.84. The molecule has 1 aliphatic rings. The molecular weight excluding hydrogens is 216 g/mol. The Morgan fingerprint density at radius 3 is 2.47 bits per heavy atom. The normalized spacial score (nSPS) is 25.0. The fraction of sp³-hybridized carbons (Fsp3) is 0.923. The van der Waals surface area contributed by atoms with Crippen molar-refractivity contribution in [3.8, 4) is 0 Å². The van der Waals surface area contributed by atoms with Crippen molar-refractivity contribution in [2.75, 3.05) is 26.2 Å². The van der Waals surface area contributed by atoms with Crippen molar-refractivity contribution in [3.63, 3.8) is 0 Å². The first-order valence-electron chi connectivity index (χ1n) is 6.57. The molecule has 2 N–H and O–H groups in total. The van der Waals surface area contributed by atoms with Gasteiger partial charge in [0, 0.05) is 19.6 Å². The lowest BCUT2D eigenvalue weighted by Crippen LogP contribution is -2.49. The van der Waals surface area contributed by atoms with Crippen LogP contribution in [0.4, 0.5) is 0 Å². The van der Waals surface area contributed by atoms with E-state index >= 15 is 0 Å². The van der Waals surface area contributed by atoms with Crippen LogP contribution in [0, 0.1) is 5.41 Å². The van der Waals surface area contributed by atoms with E-state index in [2.05, 4.69) is 12.2 Å². The molecular formula is C13H26N2O2. The minimum Gasteiger partial charge on any atom is -0.389 e. The molecule has 100 valence electrons. The van der Waals surface area contributed by atoms with Gasteiger partial charge in [-0.1, -0.05) is 6.92 Å². The first kappa shape index (κ1) is 14.5. The molecule has 0 spiro atoms. The van der Waals surface area contributed by atoms with Gasteiger partial charge in [-0.2, -0.15) is 0 Å². The van der Waals surface area contributed by atoms with E-state index in [4.69, 9.17) is 0 Å². The molecule has 1 saturated heterocycles. The Kier molecular flexibility index (Phi) is 4.55. The fourth-order valence-corrected chi connectivity index (χ4v) is 2.51. The minimum absolute atomic E-state index is 0.189. The third kappa shape index (κ3) is 3.42. The van der Waals surface area contributed by atoms with E-state index in [0.717, 1.165) is 25.9 Å². The summed E-state index contributed by atoms with van der Waals surface area (Å²) in [5, 5.41) is 13.1. The van der Waals surface area contributed by atoms with Gasteiger partial charge < -0.3 is 15.3 Å². The molecule has 0 saturated carbocycles. The smallest absolute Gasteiger partial charge is 0.230 e. The quantitative estimate of drug-likeness (QED) is 0.756. The van der Waals surface area contributed by atoms with Crippen molar-refractivity contribution in [1.29, 1.82) is 0 Å². The number of aliphatic hydroxyl groups is 1. The number of likely N-dealkylation sites (N-methyl/N-ethyl adjacent to an activating group) is 1. The molecule has 0 aromatic carbocycles. The summed E-state index contributed by atoms with van der Waals surface area (Å²) < 4.78 is 0. The molecule has 1 fully saturated rings. The lowest BCUT2D eigenvalue weighted by Gasteiger charge is -2.35. The zero-order valence-electron chi connectivity index (χ0n) is 11.5. The van der Waals surface area contributed by atoms with Crippen molar-refractivity contribution in [2.24, 2.45) is 5.41 Å². The maximum atomic E-state index is 12.6. The van der Waals surface area contributed by atoms with Gasteiger partial charge in [0.1, 0.15) is 0 Å². The molecule has 0 aromatic rings. The van der Waals surface area contributed by atoms with Crippen molar-refractivity contribution in [1.82, 2.24) is 10.2 Å². The molecule has 1 aliphatic heterocycles. The summed E-state index contributed by atoms with van der Waals surface area (Å²) in [5.74, 6) is 0.189. The Morgan fingerprint density at radius 1 is 1.47 bits per heavy atom. The van der Waals surface area contributed by atoms with Gasteiger partial charge in [-0.3, -0.25) is 4.79 Å². The number of carbonyl (C=O) groups is 1. The third-order valence-electron chi connectivity index (χ3n) is 3.62. The minimum atomic E-state index is -0.827. The second-order valence-corrected chi connectivity index (χ2v) is 5.69. The molecule has 1 rings (SSSR count). The van der Waals surface area contributed by atoms with Crippen LogP contribution in [0.25, 0.3) is 0 Å². The molecule has 0 aliphatic carbocycles. The van der Waals surface area contributed by atoms with E-state index in [1.165, 1.54) is 0 Å². The Balaban J connectivity index is 2.77. The lowest BCUT2D eigenvalue weighted by molar-refractivity contribution is -0.144. The lowest BCUT2D eigenvalue weighted by atomic mass is 9.82. The van der Waals surface area contributed by atoms with Crippen LogP contribution in [0.1, 0.15) is 40.5 Å². The largest absolute Gasteiger partial charge is 0.389 e. The Morgan fingerprint density at radius 2 is 2.12 bits per heavy atom. The maximum Gasteiger partial charge on any atom is 0.230 e. The first-order valence-corrected chi connectivity index (χ1v) is 6.57. The molecule has 4 heteroatoms. The second kappa shape index (κ2) is 5.36. The molecule has 0 radical (unpaired) electrons. The molecule has 0 aromatic heterocycles. The average Bonchev–Trinajstić information content (AvgIpc) is 2.73. The average molecular weight is 242 g/mol. The van der Waals surface area contributed by atoms with Crippen LogP contribution in [0.2, 0.25) is 0 Å². The van der Waals surface area contributed by atoms with Gasteiger partial charge in [-0.05, 0) is 40.2 Å². The zero-order chi connectivity index (χ0) is 13.1. The van der Waals surface area contributed by atoms with Crippen molar-refractivity contribution in [3.05, 3.63) is 0 Å². The summed E-state index contributed by atoms with van der Waals surface area (Å²) in [4.78, 5) is 14.4. The molecule has 1 atom stereocenters. The van der Waals surface area contributed by atoms with Crippen molar-refractivity contribution >= 4 is 5.91 Å². The van der Waals surface area contributed by atoms with Crippen LogP contribution in [0.5, 0.6) is 0 Å². The number of carbonyl (C=O) groups excluding carboxylic acids is 1.